The van der Waals surface area contributed by atoms with Crippen molar-refractivity contribution >= 4 is 0 Å². The predicted molar refractivity (Wildman–Crippen MR) is 45.7 cm³/mol. The number of nitrogens with one attached hydrogen (secondary N) is 1. The van der Waals surface area contributed by atoms with E-state index in [9.17, 15) is 0 Å². The summed E-state index contributed by atoms with van der Waals surface area (Å²) in [6, 6.07) is 2.24. The van der Waals surface area contributed by atoms with E-state index in [1.54, 1.807) is 0 Å². The minimum atomic E-state index is -0.309. The van der Waals surface area contributed by atoms with Crippen LogP contribution in [0.25, 0.3) is 0 Å². The molecule has 0 heterocycles. The second kappa shape index (κ2) is 4.01. The molecule has 0 amide bonds. The summed E-state index contributed by atoms with van der Waals surface area (Å²) in [5, 5.41) is 11.5. The minimum absolute atomic E-state index is 0.158. The van der Waals surface area contributed by atoms with Gasteiger partial charge in [-0.3, -0.25) is 5.32 Å². The van der Waals surface area contributed by atoms with E-state index in [1.807, 2.05) is 20.8 Å². The van der Waals surface area contributed by atoms with Gasteiger partial charge in [0.1, 0.15) is 0 Å². The number of rotatable bonds is 3. The summed E-state index contributed by atoms with van der Waals surface area (Å²) in [6.45, 7) is 5.78. The highest BCUT2D eigenvalue weighted by atomic mass is 15.0. The van der Waals surface area contributed by atoms with Gasteiger partial charge in [0.15, 0.2) is 0 Å². The van der Waals surface area contributed by atoms with Gasteiger partial charge in [-0.25, -0.2) is 0 Å². The van der Waals surface area contributed by atoms with E-state index in [4.69, 9.17) is 11.7 Å². The number of hydrogen-bond donors (Lipinski definition) is 1. The van der Waals surface area contributed by atoms with Crippen LogP contribution in [0.3, 0.4) is 0 Å². The molecular formula is C9H14N2. The van der Waals surface area contributed by atoms with Crippen LogP contribution in [-0.4, -0.2) is 11.6 Å². The van der Waals surface area contributed by atoms with Crippen LogP contribution in [-0.2, 0) is 0 Å². The Kier molecular flexibility index (Phi) is 3.65. The maximum Gasteiger partial charge on any atom is 0.0743 e. The standard InChI is InChI=1S/C9H14N2/c1-5-9(3,4)11-8(2)6-7-10/h1,8,11H,6H2,2-4H3. The van der Waals surface area contributed by atoms with Crippen LogP contribution in [0.2, 0.25) is 0 Å². The second-order valence-electron chi connectivity index (χ2n) is 3.18. The molecule has 0 aliphatic rings. The molecule has 2 nitrogen and oxygen atoms in total. The summed E-state index contributed by atoms with van der Waals surface area (Å²) in [5.74, 6) is 2.61. The largest absolute Gasteiger partial charge is 0.298 e. The number of hydrogen-bond acceptors (Lipinski definition) is 2. The fourth-order valence-electron chi connectivity index (χ4n) is 0.846. The first-order valence-electron chi connectivity index (χ1n) is 3.64. The van der Waals surface area contributed by atoms with Gasteiger partial charge in [0.05, 0.1) is 18.0 Å². The van der Waals surface area contributed by atoms with E-state index in [0.29, 0.717) is 6.42 Å². The van der Waals surface area contributed by atoms with Gasteiger partial charge in [0.2, 0.25) is 0 Å². The molecule has 0 saturated carbocycles. The molecule has 0 aromatic heterocycles. The molecule has 1 atom stereocenters. The van der Waals surface area contributed by atoms with Crippen molar-refractivity contribution < 1.29 is 0 Å². The van der Waals surface area contributed by atoms with Gasteiger partial charge in [-0.05, 0) is 20.8 Å². The zero-order valence-corrected chi connectivity index (χ0v) is 7.31. The van der Waals surface area contributed by atoms with Crippen molar-refractivity contribution in [3.63, 3.8) is 0 Å². The zero-order valence-electron chi connectivity index (χ0n) is 7.31. The van der Waals surface area contributed by atoms with Crippen LogP contribution in [0.4, 0.5) is 0 Å². The Labute approximate surface area is 68.6 Å². The first kappa shape index (κ1) is 10.0. The minimum Gasteiger partial charge on any atom is -0.298 e. The van der Waals surface area contributed by atoms with Crippen molar-refractivity contribution in [3.8, 4) is 18.4 Å². The fraction of sp³-hybridized carbons (Fsp3) is 0.667. The third-order valence-electron chi connectivity index (χ3n) is 1.37. The molecule has 0 saturated heterocycles. The highest BCUT2D eigenvalue weighted by molar-refractivity contribution is 5.08. The Bertz CT molecular complexity index is 193. The number of nitrogens with zero attached hydrogens (tertiary/aromatic N) is 1. The molecule has 60 valence electrons. The lowest BCUT2D eigenvalue weighted by molar-refractivity contribution is 0.426. The summed E-state index contributed by atoms with van der Waals surface area (Å²) in [7, 11) is 0. The third kappa shape index (κ3) is 4.42. The lowest BCUT2D eigenvalue weighted by Gasteiger charge is -2.23. The molecule has 1 unspecified atom stereocenters. The summed E-state index contributed by atoms with van der Waals surface area (Å²) >= 11 is 0. The Hall–Kier alpha value is -0.990. The molecule has 0 aromatic rings. The van der Waals surface area contributed by atoms with Crippen molar-refractivity contribution in [2.24, 2.45) is 0 Å². The maximum atomic E-state index is 8.36. The molecule has 2 heteroatoms. The van der Waals surface area contributed by atoms with E-state index in [2.05, 4.69) is 17.3 Å². The van der Waals surface area contributed by atoms with Crippen molar-refractivity contribution in [1.82, 2.24) is 5.32 Å². The van der Waals surface area contributed by atoms with Gasteiger partial charge < -0.3 is 0 Å². The molecule has 0 radical (unpaired) electrons. The molecule has 0 aliphatic heterocycles. The van der Waals surface area contributed by atoms with E-state index in [-0.39, 0.29) is 11.6 Å². The van der Waals surface area contributed by atoms with Gasteiger partial charge in [-0.2, -0.15) is 5.26 Å². The lowest BCUT2D eigenvalue weighted by Crippen LogP contribution is -2.43. The van der Waals surface area contributed by atoms with Crippen molar-refractivity contribution in [3.05, 3.63) is 0 Å². The topological polar surface area (TPSA) is 35.8 Å². The van der Waals surface area contributed by atoms with Crippen LogP contribution in [0.15, 0.2) is 0 Å². The average Bonchev–Trinajstić information content (AvgIpc) is 1.87. The Morgan fingerprint density at radius 1 is 1.64 bits per heavy atom. The van der Waals surface area contributed by atoms with Crippen molar-refractivity contribution in [2.45, 2.75) is 38.8 Å². The van der Waals surface area contributed by atoms with Gasteiger partial charge in [-0.1, -0.05) is 5.92 Å². The third-order valence-corrected chi connectivity index (χ3v) is 1.37. The first-order chi connectivity index (χ1) is 5.02. The lowest BCUT2D eigenvalue weighted by atomic mass is 10.1. The van der Waals surface area contributed by atoms with Crippen molar-refractivity contribution in [2.75, 3.05) is 0 Å². The Morgan fingerprint density at radius 3 is 2.55 bits per heavy atom. The molecule has 0 spiro atoms. The van der Waals surface area contributed by atoms with E-state index >= 15 is 0 Å². The molecule has 0 bridgehead atoms. The molecular weight excluding hydrogens is 136 g/mol. The van der Waals surface area contributed by atoms with Gasteiger partial charge in [-0.15, -0.1) is 6.42 Å². The van der Waals surface area contributed by atoms with E-state index in [1.165, 1.54) is 0 Å². The van der Waals surface area contributed by atoms with E-state index < -0.39 is 0 Å². The van der Waals surface area contributed by atoms with Crippen molar-refractivity contribution in [1.29, 1.82) is 5.26 Å². The molecule has 11 heavy (non-hydrogen) atoms. The van der Waals surface area contributed by atoms with Gasteiger partial charge >= 0.3 is 0 Å². The molecule has 0 fully saturated rings. The predicted octanol–water partition coefficient (Wildman–Crippen LogP) is 1.29. The summed E-state index contributed by atoms with van der Waals surface area (Å²) < 4.78 is 0. The average molecular weight is 150 g/mol. The monoisotopic (exact) mass is 150 g/mol. The Balaban J connectivity index is 3.88. The zero-order chi connectivity index (χ0) is 8.91. The Morgan fingerprint density at radius 2 is 2.18 bits per heavy atom. The normalized spacial score (nSPS) is 13.2. The molecule has 0 aromatic carbocycles. The summed E-state index contributed by atoms with van der Waals surface area (Å²) in [4.78, 5) is 0. The summed E-state index contributed by atoms with van der Waals surface area (Å²) in [6.07, 6.45) is 5.75. The maximum absolute atomic E-state index is 8.36. The van der Waals surface area contributed by atoms with Crippen LogP contribution < -0.4 is 5.32 Å². The molecule has 1 N–H and O–H groups in total. The van der Waals surface area contributed by atoms with Gasteiger partial charge in [0, 0.05) is 6.04 Å². The highest BCUT2D eigenvalue weighted by Crippen LogP contribution is 2.02. The molecule has 0 rings (SSSR count). The smallest absolute Gasteiger partial charge is 0.0743 e. The van der Waals surface area contributed by atoms with Crippen LogP contribution in [0.1, 0.15) is 27.2 Å². The second-order valence-corrected chi connectivity index (χ2v) is 3.18. The van der Waals surface area contributed by atoms with Crippen LogP contribution in [0.5, 0.6) is 0 Å². The fourth-order valence-corrected chi connectivity index (χ4v) is 0.846. The number of terminal acetylenes is 1. The summed E-state index contributed by atoms with van der Waals surface area (Å²) in [5.41, 5.74) is -0.309. The highest BCUT2D eigenvalue weighted by Gasteiger charge is 2.15. The molecule has 0 aliphatic carbocycles. The quantitative estimate of drug-likeness (QED) is 0.615. The van der Waals surface area contributed by atoms with Crippen LogP contribution >= 0.6 is 0 Å². The first-order valence-corrected chi connectivity index (χ1v) is 3.64. The van der Waals surface area contributed by atoms with Crippen LogP contribution in [0, 0.1) is 23.7 Å². The van der Waals surface area contributed by atoms with Gasteiger partial charge in [0.25, 0.3) is 0 Å². The number of nitriles is 1. The SMILES string of the molecule is C#CC(C)(C)NC(C)CC#N. The van der Waals surface area contributed by atoms with E-state index in [0.717, 1.165) is 0 Å².